The third-order valence-electron chi connectivity index (χ3n) is 4.19. The van der Waals surface area contributed by atoms with Crippen LogP contribution in [0.15, 0.2) is 54.7 Å². The summed E-state index contributed by atoms with van der Waals surface area (Å²) in [5, 5.41) is 2.65. The Hall–Kier alpha value is -3.68. The van der Waals surface area contributed by atoms with Crippen molar-refractivity contribution in [1.29, 1.82) is 0 Å². The van der Waals surface area contributed by atoms with E-state index in [4.69, 9.17) is 10.5 Å². The molecule has 0 saturated carbocycles. The van der Waals surface area contributed by atoms with Gasteiger partial charge in [-0.15, -0.1) is 0 Å². The topological polar surface area (TPSA) is 110 Å². The summed E-state index contributed by atoms with van der Waals surface area (Å²) in [6.45, 7) is 1.79. The van der Waals surface area contributed by atoms with Crippen molar-refractivity contribution in [2.75, 3.05) is 0 Å². The van der Waals surface area contributed by atoms with Crippen LogP contribution < -0.4 is 15.8 Å². The highest BCUT2D eigenvalue weighted by Crippen LogP contribution is 2.22. The lowest BCUT2D eigenvalue weighted by Crippen LogP contribution is -2.46. The van der Waals surface area contributed by atoms with Gasteiger partial charge in [-0.2, -0.15) is 0 Å². The summed E-state index contributed by atoms with van der Waals surface area (Å²) >= 11 is 0. The summed E-state index contributed by atoms with van der Waals surface area (Å²) in [6, 6.07) is 11.9. The predicted molar refractivity (Wildman–Crippen MR) is 105 cm³/mol. The van der Waals surface area contributed by atoms with Crippen LogP contribution >= 0.6 is 0 Å². The molecule has 29 heavy (non-hydrogen) atoms. The Balaban J connectivity index is 1.58. The number of aryl methyl sites for hydroxylation is 1. The second-order valence-corrected chi connectivity index (χ2v) is 6.58. The van der Waals surface area contributed by atoms with Crippen LogP contribution in [-0.2, 0) is 22.4 Å². The molecule has 7 nitrogen and oxygen atoms in total. The van der Waals surface area contributed by atoms with Crippen molar-refractivity contribution in [1.82, 2.24) is 15.3 Å². The zero-order chi connectivity index (χ0) is 20.8. The van der Waals surface area contributed by atoms with E-state index < -0.39 is 11.9 Å². The molecule has 0 fully saturated rings. The number of imidazole rings is 1. The molecule has 1 atom stereocenters. The molecule has 0 aliphatic rings. The number of nitrogens with one attached hydrogen (secondary N) is 2. The van der Waals surface area contributed by atoms with Crippen LogP contribution in [0.25, 0.3) is 0 Å². The number of benzene rings is 2. The number of ether oxygens (including phenoxy) is 1. The fraction of sp³-hybridized carbons (Fsp3) is 0.190. The molecule has 0 bridgehead atoms. The van der Waals surface area contributed by atoms with Gasteiger partial charge in [0.15, 0.2) is 0 Å². The highest BCUT2D eigenvalue weighted by Gasteiger charge is 2.19. The number of rotatable bonds is 8. The molecule has 3 aromatic rings. The number of aromatic nitrogens is 2. The highest BCUT2D eigenvalue weighted by molar-refractivity contribution is 5.87. The number of aromatic amines is 1. The molecular formula is C21H21FN4O3. The summed E-state index contributed by atoms with van der Waals surface area (Å²) in [5.41, 5.74) is 6.83. The van der Waals surface area contributed by atoms with Crippen molar-refractivity contribution in [2.45, 2.75) is 25.8 Å². The van der Waals surface area contributed by atoms with Crippen molar-refractivity contribution >= 4 is 11.8 Å². The summed E-state index contributed by atoms with van der Waals surface area (Å²) in [6.07, 6.45) is 1.95. The Bertz CT molecular complexity index is 984. The number of carbonyl (C=O) groups excluding carboxylic acids is 2. The standard InChI is InChI=1S/C21H21FN4O3/c1-13-24-12-16(25-13)11-20(27)26-19(21(23)28)10-14-2-6-17(7-3-14)29-18-8-4-15(22)5-9-18/h2-9,12,19H,10-11H2,1H3,(H2,23,28)(H,24,25)(H,26,27). The number of hydrogen-bond donors (Lipinski definition) is 3. The number of hydrogen-bond acceptors (Lipinski definition) is 4. The van der Waals surface area contributed by atoms with E-state index in [2.05, 4.69) is 15.3 Å². The summed E-state index contributed by atoms with van der Waals surface area (Å²) in [4.78, 5) is 31.0. The molecule has 1 unspecified atom stereocenters. The Labute approximate surface area is 167 Å². The van der Waals surface area contributed by atoms with E-state index in [1.165, 1.54) is 24.3 Å². The van der Waals surface area contributed by atoms with Gasteiger partial charge in [0.1, 0.15) is 29.2 Å². The highest BCUT2D eigenvalue weighted by atomic mass is 19.1. The fourth-order valence-electron chi connectivity index (χ4n) is 2.76. The van der Waals surface area contributed by atoms with Gasteiger partial charge in [0.25, 0.3) is 0 Å². The van der Waals surface area contributed by atoms with Crippen LogP contribution in [0.5, 0.6) is 11.5 Å². The Morgan fingerprint density at radius 2 is 1.76 bits per heavy atom. The Morgan fingerprint density at radius 1 is 1.14 bits per heavy atom. The normalized spacial score (nSPS) is 11.7. The van der Waals surface area contributed by atoms with E-state index in [0.29, 0.717) is 23.0 Å². The van der Waals surface area contributed by atoms with Gasteiger partial charge in [0.05, 0.1) is 12.1 Å². The third kappa shape index (κ3) is 5.90. The van der Waals surface area contributed by atoms with Gasteiger partial charge in [-0.05, 0) is 48.9 Å². The van der Waals surface area contributed by atoms with E-state index in [-0.39, 0.29) is 24.6 Å². The van der Waals surface area contributed by atoms with Crippen LogP contribution in [-0.4, -0.2) is 27.8 Å². The number of halogens is 1. The fourth-order valence-corrected chi connectivity index (χ4v) is 2.76. The second-order valence-electron chi connectivity index (χ2n) is 6.58. The van der Waals surface area contributed by atoms with E-state index in [0.717, 1.165) is 5.56 Å². The Kier molecular flexibility index (Phi) is 6.23. The lowest BCUT2D eigenvalue weighted by Gasteiger charge is -2.15. The molecule has 0 spiro atoms. The van der Waals surface area contributed by atoms with Gasteiger partial charge in [-0.25, -0.2) is 9.37 Å². The van der Waals surface area contributed by atoms with E-state index in [1.54, 1.807) is 37.4 Å². The van der Waals surface area contributed by atoms with Gasteiger partial charge in [0.2, 0.25) is 11.8 Å². The average molecular weight is 396 g/mol. The zero-order valence-electron chi connectivity index (χ0n) is 15.8. The van der Waals surface area contributed by atoms with Crippen LogP contribution in [0.3, 0.4) is 0 Å². The molecule has 0 radical (unpaired) electrons. The van der Waals surface area contributed by atoms with E-state index in [1.807, 2.05) is 0 Å². The quantitative estimate of drug-likeness (QED) is 0.543. The first-order valence-electron chi connectivity index (χ1n) is 9.01. The number of nitrogens with zero attached hydrogens (tertiary/aromatic N) is 1. The van der Waals surface area contributed by atoms with Crippen LogP contribution in [0.1, 0.15) is 17.1 Å². The minimum Gasteiger partial charge on any atom is -0.457 e. The molecule has 4 N–H and O–H groups in total. The molecular weight excluding hydrogens is 375 g/mol. The molecule has 0 aliphatic carbocycles. The van der Waals surface area contributed by atoms with Crippen LogP contribution in [0.4, 0.5) is 4.39 Å². The largest absolute Gasteiger partial charge is 0.457 e. The zero-order valence-corrected chi connectivity index (χ0v) is 15.8. The third-order valence-corrected chi connectivity index (χ3v) is 4.19. The smallest absolute Gasteiger partial charge is 0.240 e. The molecule has 150 valence electrons. The second kappa shape index (κ2) is 9.01. The molecule has 0 saturated heterocycles. The van der Waals surface area contributed by atoms with Crippen molar-refractivity contribution in [2.24, 2.45) is 5.73 Å². The number of amides is 2. The molecule has 3 rings (SSSR count). The average Bonchev–Trinajstić information content (AvgIpc) is 3.09. The summed E-state index contributed by atoms with van der Waals surface area (Å²) in [7, 11) is 0. The van der Waals surface area contributed by atoms with Crippen molar-refractivity contribution in [3.63, 3.8) is 0 Å². The maximum absolute atomic E-state index is 13.0. The predicted octanol–water partition coefficient (Wildman–Crippen LogP) is 2.40. The van der Waals surface area contributed by atoms with Gasteiger partial charge in [-0.1, -0.05) is 12.1 Å². The van der Waals surface area contributed by atoms with Crippen molar-refractivity contribution < 1.29 is 18.7 Å². The van der Waals surface area contributed by atoms with Crippen LogP contribution in [0, 0.1) is 12.7 Å². The minimum atomic E-state index is -0.841. The molecule has 2 aromatic carbocycles. The first-order chi connectivity index (χ1) is 13.9. The molecule has 1 aromatic heterocycles. The van der Waals surface area contributed by atoms with Crippen molar-refractivity contribution in [3.8, 4) is 11.5 Å². The number of primary amides is 1. The van der Waals surface area contributed by atoms with Gasteiger partial charge >= 0.3 is 0 Å². The first-order valence-corrected chi connectivity index (χ1v) is 9.01. The van der Waals surface area contributed by atoms with Gasteiger partial charge < -0.3 is 20.8 Å². The SMILES string of the molecule is Cc1nc(CC(=O)NC(Cc2ccc(Oc3ccc(F)cc3)cc2)C(N)=O)c[nH]1. The number of carbonyl (C=O) groups is 2. The van der Waals surface area contributed by atoms with Crippen LogP contribution in [0.2, 0.25) is 0 Å². The van der Waals surface area contributed by atoms with E-state index in [9.17, 15) is 14.0 Å². The van der Waals surface area contributed by atoms with Gasteiger partial charge in [0, 0.05) is 12.6 Å². The molecule has 1 heterocycles. The Morgan fingerprint density at radius 3 is 2.31 bits per heavy atom. The molecule has 2 amide bonds. The molecule has 0 aliphatic heterocycles. The summed E-state index contributed by atoms with van der Waals surface area (Å²) < 4.78 is 18.6. The van der Waals surface area contributed by atoms with E-state index >= 15 is 0 Å². The lowest BCUT2D eigenvalue weighted by molar-refractivity contribution is -0.127. The lowest BCUT2D eigenvalue weighted by atomic mass is 10.0. The molecule has 8 heteroatoms. The number of nitrogens with two attached hydrogens (primary N) is 1. The maximum Gasteiger partial charge on any atom is 0.240 e. The summed E-state index contributed by atoms with van der Waals surface area (Å²) in [5.74, 6) is 0.487. The monoisotopic (exact) mass is 396 g/mol. The minimum absolute atomic E-state index is 0.0541. The number of H-pyrrole nitrogens is 1. The first kappa shape index (κ1) is 20.1. The maximum atomic E-state index is 13.0. The van der Waals surface area contributed by atoms with Gasteiger partial charge in [-0.3, -0.25) is 9.59 Å². The van der Waals surface area contributed by atoms with Crippen molar-refractivity contribution in [3.05, 3.63) is 77.6 Å².